The molecule has 2 bridgehead atoms. The molecule has 2 aliphatic rings. The number of nitrogen functional groups attached to an aromatic ring is 1. The number of piperidine rings is 1. The van der Waals surface area contributed by atoms with E-state index in [0.29, 0.717) is 22.7 Å². The Morgan fingerprint density at radius 1 is 1.15 bits per heavy atom. The minimum Gasteiger partial charge on any atom is -0.399 e. The first-order valence-electron chi connectivity index (χ1n) is 9.07. The minimum atomic E-state index is -3.48. The molecule has 3 heterocycles. The van der Waals surface area contributed by atoms with Gasteiger partial charge in [0.1, 0.15) is 0 Å². The van der Waals surface area contributed by atoms with E-state index in [1.165, 1.54) is 17.7 Å². The van der Waals surface area contributed by atoms with E-state index >= 15 is 0 Å². The summed E-state index contributed by atoms with van der Waals surface area (Å²) in [5, 5.41) is 2.12. The summed E-state index contributed by atoms with van der Waals surface area (Å²) in [6.45, 7) is 0.994. The molecule has 2 aromatic rings. The lowest BCUT2D eigenvalue weighted by Crippen LogP contribution is -2.50. The summed E-state index contributed by atoms with van der Waals surface area (Å²) in [4.78, 5) is 4.30. The average Bonchev–Trinajstić information content (AvgIpc) is 3.20. The Bertz CT molecular complexity index is 835. The molecule has 7 heteroatoms. The molecule has 0 spiro atoms. The van der Waals surface area contributed by atoms with Gasteiger partial charge in [-0.05, 0) is 61.4 Å². The van der Waals surface area contributed by atoms with Gasteiger partial charge >= 0.3 is 0 Å². The number of hydrogen-bond acceptors (Lipinski definition) is 5. The number of anilines is 1. The van der Waals surface area contributed by atoms with Crippen molar-refractivity contribution in [1.29, 1.82) is 0 Å². The lowest BCUT2D eigenvalue weighted by atomic mass is 9.97. The van der Waals surface area contributed by atoms with Crippen molar-refractivity contribution in [2.45, 2.75) is 55.2 Å². The molecule has 2 atom stereocenters. The van der Waals surface area contributed by atoms with E-state index in [1.54, 1.807) is 47.0 Å². The number of rotatable bonds is 5. The molecule has 2 fully saturated rings. The summed E-state index contributed by atoms with van der Waals surface area (Å²) in [5.74, 6) is 0. The van der Waals surface area contributed by atoms with Crippen molar-refractivity contribution in [1.82, 2.24) is 9.21 Å². The fraction of sp³-hybridized carbons (Fsp3) is 0.474. The van der Waals surface area contributed by atoms with Gasteiger partial charge in [-0.3, -0.25) is 4.90 Å². The Balaban J connectivity index is 1.49. The molecule has 0 saturated carbocycles. The van der Waals surface area contributed by atoms with Gasteiger partial charge in [-0.2, -0.15) is 4.31 Å². The van der Waals surface area contributed by atoms with E-state index < -0.39 is 10.0 Å². The third-order valence-electron chi connectivity index (χ3n) is 5.85. The summed E-state index contributed by atoms with van der Waals surface area (Å²) in [5.41, 5.74) is 6.27. The summed E-state index contributed by atoms with van der Waals surface area (Å²) in [6.07, 6.45) is 4.16. The normalized spacial score (nSPS) is 26.5. The van der Waals surface area contributed by atoms with Crippen molar-refractivity contribution in [3.63, 3.8) is 0 Å². The quantitative estimate of drug-likeness (QED) is 0.795. The van der Waals surface area contributed by atoms with Gasteiger partial charge in [0.05, 0.1) is 4.90 Å². The van der Waals surface area contributed by atoms with Crippen molar-refractivity contribution in [3.05, 3.63) is 46.7 Å². The van der Waals surface area contributed by atoms with Gasteiger partial charge in [0.15, 0.2) is 0 Å². The molecule has 0 amide bonds. The number of fused-ring (bicyclic) bond motifs is 2. The second kappa shape index (κ2) is 6.96. The van der Waals surface area contributed by atoms with Gasteiger partial charge < -0.3 is 5.73 Å². The van der Waals surface area contributed by atoms with Gasteiger partial charge in [0.2, 0.25) is 10.0 Å². The molecular weight excluding hydrogens is 366 g/mol. The second-order valence-corrected chi connectivity index (χ2v) is 10.4. The fourth-order valence-corrected chi connectivity index (χ4v) is 6.48. The lowest BCUT2D eigenvalue weighted by molar-refractivity contribution is 0.0916. The first-order chi connectivity index (χ1) is 12.4. The predicted octanol–water partition coefficient (Wildman–Crippen LogP) is 3.15. The highest BCUT2D eigenvalue weighted by Crippen LogP contribution is 2.39. The Labute approximate surface area is 159 Å². The molecule has 0 aliphatic carbocycles. The molecule has 2 aliphatic heterocycles. The number of sulfonamides is 1. The highest BCUT2D eigenvalue weighted by molar-refractivity contribution is 7.89. The molecule has 5 nitrogen and oxygen atoms in total. The zero-order chi connectivity index (χ0) is 18.3. The van der Waals surface area contributed by atoms with E-state index in [2.05, 4.69) is 22.4 Å². The van der Waals surface area contributed by atoms with Crippen LogP contribution in [0.25, 0.3) is 0 Å². The Hall–Kier alpha value is -1.41. The molecule has 0 radical (unpaired) electrons. The highest BCUT2D eigenvalue weighted by atomic mass is 32.2. The van der Waals surface area contributed by atoms with Gasteiger partial charge in [-0.15, -0.1) is 11.3 Å². The van der Waals surface area contributed by atoms with Crippen molar-refractivity contribution in [3.8, 4) is 0 Å². The molecule has 2 N–H and O–H groups in total. The number of thiophene rings is 1. The number of nitrogens with two attached hydrogens (primary N) is 1. The molecule has 1 aromatic carbocycles. The van der Waals surface area contributed by atoms with Crippen LogP contribution >= 0.6 is 11.3 Å². The molecule has 26 heavy (non-hydrogen) atoms. The molecule has 140 valence electrons. The summed E-state index contributed by atoms with van der Waals surface area (Å²) in [7, 11) is -1.75. The van der Waals surface area contributed by atoms with Crippen molar-refractivity contribution < 1.29 is 8.42 Å². The maximum atomic E-state index is 13.0. The van der Waals surface area contributed by atoms with Gasteiger partial charge in [-0.1, -0.05) is 6.07 Å². The summed E-state index contributed by atoms with van der Waals surface area (Å²) in [6, 6.07) is 11.8. The van der Waals surface area contributed by atoms with E-state index in [4.69, 9.17) is 5.73 Å². The van der Waals surface area contributed by atoms with Gasteiger partial charge in [-0.25, -0.2) is 8.42 Å². The predicted molar refractivity (Wildman–Crippen MR) is 105 cm³/mol. The third-order valence-corrected chi connectivity index (χ3v) is 8.63. The highest BCUT2D eigenvalue weighted by Gasteiger charge is 2.43. The number of hydrogen-bond donors (Lipinski definition) is 1. The molecule has 4 rings (SSSR count). The fourth-order valence-electron chi connectivity index (χ4n) is 4.39. The molecular formula is C19H25N3O2S2. The molecule has 2 saturated heterocycles. The van der Waals surface area contributed by atoms with Crippen molar-refractivity contribution in [2.75, 3.05) is 12.8 Å². The SMILES string of the molecule is CN(C1CC2CCC(C1)N2Cc1cccs1)S(=O)(=O)c1ccc(N)cc1. The van der Waals surface area contributed by atoms with E-state index in [-0.39, 0.29) is 6.04 Å². The largest absolute Gasteiger partial charge is 0.399 e. The lowest BCUT2D eigenvalue weighted by Gasteiger charge is -2.41. The Morgan fingerprint density at radius 3 is 2.38 bits per heavy atom. The van der Waals surface area contributed by atoms with Crippen LogP contribution in [-0.4, -0.2) is 42.8 Å². The van der Waals surface area contributed by atoms with Crippen LogP contribution in [0.5, 0.6) is 0 Å². The molecule has 2 unspecified atom stereocenters. The topological polar surface area (TPSA) is 66.6 Å². The Kier molecular flexibility index (Phi) is 4.81. The third kappa shape index (κ3) is 3.29. The monoisotopic (exact) mass is 391 g/mol. The van der Waals surface area contributed by atoms with Gasteiger partial charge in [0, 0.05) is 42.3 Å². The van der Waals surface area contributed by atoms with E-state index in [1.807, 2.05) is 0 Å². The first-order valence-corrected chi connectivity index (χ1v) is 11.4. The van der Waals surface area contributed by atoms with Crippen LogP contribution in [0.2, 0.25) is 0 Å². The van der Waals surface area contributed by atoms with Crippen LogP contribution in [0.3, 0.4) is 0 Å². The van der Waals surface area contributed by atoms with Crippen LogP contribution in [0.15, 0.2) is 46.7 Å². The first kappa shape index (κ1) is 18.0. The van der Waals surface area contributed by atoms with Crippen LogP contribution in [0.4, 0.5) is 5.69 Å². The van der Waals surface area contributed by atoms with Crippen LogP contribution in [0, 0.1) is 0 Å². The Morgan fingerprint density at radius 2 is 1.81 bits per heavy atom. The van der Waals surface area contributed by atoms with E-state index in [9.17, 15) is 8.42 Å². The van der Waals surface area contributed by atoms with Crippen LogP contribution in [-0.2, 0) is 16.6 Å². The zero-order valence-electron chi connectivity index (χ0n) is 14.9. The maximum Gasteiger partial charge on any atom is 0.243 e. The van der Waals surface area contributed by atoms with Gasteiger partial charge in [0.25, 0.3) is 0 Å². The number of nitrogens with zero attached hydrogens (tertiary/aromatic N) is 2. The standard InChI is InChI=1S/C19H25N3O2S2/c1-21(26(23,24)19-8-4-14(20)5-9-19)17-11-15-6-7-16(12-17)22(15)13-18-3-2-10-25-18/h2-5,8-10,15-17H,6-7,11-13,20H2,1H3. The zero-order valence-corrected chi connectivity index (χ0v) is 16.5. The maximum absolute atomic E-state index is 13.0. The van der Waals surface area contributed by atoms with Crippen molar-refractivity contribution in [2.24, 2.45) is 0 Å². The average molecular weight is 392 g/mol. The summed E-state index contributed by atoms with van der Waals surface area (Å²) < 4.78 is 27.6. The van der Waals surface area contributed by atoms with E-state index in [0.717, 1.165) is 19.4 Å². The smallest absolute Gasteiger partial charge is 0.243 e. The minimum absolute atomic E-state index is 0.0645. The second-order valence-electron chi connectivity index (χ2n) is 7.35. The van der Waals surface area contributed by atoms with Crippen LogP contribution in [0.1, 0.15) is 30.6 Å². The van der Waals surface area contributed by atoms with Crippen molar-refractivity contribution >= 4 is 27.0 Å². The summed E-state index contributed by atoms with van der Waals surface area (Å²) >= 11 is 1.80. The van der Waals surface area contributed by atoms with Crippen LogP contribution < -0.4 is 5.73 Å². The molecule has 1 aromatic heterocycles. The number of benzene rings is 1.